The predicted molar refractivity (Wildman–Crippen MR) is 68.7 cm³/mol. The maximum atomic E-state index is 6.00. The average Bonchev–Trinajstić information content (AvgIpc) is 2.80. The summed E-state index contributed by atoms with van der Waals surface area (Å²) in [7, 11) is -0.350. The molecule has 94 valence electrons. The Morgan fingerprint density at radius 3 is 2.50 bits per heavy atom. The zero-order valence-corrected chi connectivity index (χ0v) is 11.0. The van der Waals surface area contributed by atoms with Crippen LogP contribution in [0.4, 0.5) is 0 Å². The monoisotopic (exact) mass is 245 g/mol. The molecular formula is C12H16BN3O2. The van der Waals surface area contributed by atoms with Crippen LogP contribution in [0, 0.1) is 0 Å². The zero-order valence-electron chi connectivity index (χ0n) is 11.0. The standard InChI is InChI=1S/C12H16BN3O2/c1-11(2)12(3,4)18-13(17-11)9-5-6-16-8-14-15-10(16)7-9/h5-8H,1-4H3. The number of fused-ring (bicyclic) bond motifs is 1. The number of rotatable bonds is 1. The number of hydrogen-bond acceptors (Lipinski definition) is 4. The molecule has 0 radical (unpaired) electrons. The van der Waals surface area contributed by atoms with Crippen molar-refractivity contribution in [3.8, 4) is 0 Å². The molecule has 3 heterocycles. The van der Waals surface area contributed by atoms with Crippen LogP contribution >= 0.6 is 0 Å². The van der Waals surface area contributed by atoms with Gasteiger partial charge in [0.1, 0.15) is 6.33 Å². The van der Waals surface area contributed by atoms with Crippen LogP contribution in [-0.4, -0.2) is 32.9 Å². The summed E-state index contributed by atoms with van der Waals surface area (Å²) in [6.45, 7) is 8.18. The Hall–Kier alpha value is -1.40. The molecule has 0 spiro atoms. The van der Waals surface area contributed by atoms with Gasteiger partial charge in [-0.05, 0) is 45.3 Å². The quantitative estimate of drug-likeness (QED) is 0.704. The Morgan fingerprint density at radius 2 is 1.83 bits per heavy atom. The van der Waals surface area contributed by atoms with Crippen molar-refractivity contribution in [3.05, 3.63) is 24.7 Å². The molecule has 5 nitrogen and oxygen atoms in total. The minimum Gasteiger partial charge on any atom is -0.399 e. The molecule has 1 aliphatic heterocycles. The van der Waals surface area contributed by atoms with E-state index in [4.69, 9.17) is 9.31 Å². The molecule has 3 rings (SSSR count). The van der Waals surface area contributed by atoms with E-state index in [1.165, 1.54) is 0 Å². The summed E-state index contributed by atoms with van der Waals surface area (Å²) in [5, 5.41) is 7.88. The van der Waals surface area contributed by atoms with E-state index in [9.17, 15) is 0 Å². The predicted octanol–water partition coefficient (Wildman–Crippen LogP) is 1.03. The van der Waals surface area contributed by atoms with Crippen LogP contribution in [0.3, 0.4) is 0 Å². The van der Waals surface area contributed by atoms with E-state index in [-0.39, 0.29) is 18.3 Å². The summed E-state index contributed by atoms with van der Waals surface area (Å²) in [5.74, 6) is 0. The van der Waals surface area contributed by atoms with E-state index in [1.54, 1.807) is 6.33 Å². The van der Waals surface area contributed by atoms with Crippen LogP contribution in [0.5, 0.6) is 0 Å². The fraction of sp³-hybridized carbons (Fsp3) is 0.500. The third-order valence-corrected chi connectivity index (χ3v) is 3.85. The molecule has 0 atom stereocenters. The highest BCUT2D eigenvalue weighted by molar-refractivity contribution is 6.62. The van der Waals surface area contributed by atoms with Crippen LogP contribution in [-0.2, 0) is 9.31 Å². The highest BCUT2D eigenvalue weighted by Crippen LogP contribution is 2.36. The molecule has 1 saturated heterocycles. The van der Waals surface area contributed by atoms with Crippen LogP contribution in [0.15, 0.2) is 24.7 Å². The molecular weight excluding hydrogens is 229 g/mol. The van der Waals surface area contributed by atoms with Crippen molar-refractivity contribution in [3.63, 3.8) is 0 Å². The molecule has 18 heavy (non-hydrogen) atoms. The number of pyridine rings is 1. The van der Waals surface area contributed by atoms with Crippen molar-refractivity contribution in [1.29, 1.82) is 0 Å². The topological polar surface area (TPSA) is 48.7 Å². The maximum absolute atomic E-state index is 6.00. The molecule has 0 bridgehead atoms. The average molecular weight is 245 g/mol. The van der Waals surface area contributed by atoms with Gasteiger partial charge >= 0.3 is 7.12 Å². The van der Waals surface area contributed by atoms with Gasteiger partial charge in [0.15, 0.2) is 5.65 Å². The fourth-order valence-electron chi connectivity index (χ4n) is 1.96. The van der Waals surface area contributed by atoms with Crippen molar-refractivity contribution >= 4 is 18.2 Å². The smallest absolute Gasteiger partial charge is 0.399 e. The Morgan fingerprint density at radius 1 is 1.17 bits per heavy atom. The SMILES string of the molecule is CC1(C)OB(c2ccn3cnnc3c2)OC1(C)C. The van der Waals surface area contributed by atoms with E-state index in [2.05, 4.69) is 10.2 Å². The van der Waals surface area contributed by atoms with Crippen molar-refractivity contribution in [1.82, 2.24) is 14.6 Å². The normalized spacial score (nSPS) is 21.7. The second-order valence-corrected chi connectivity index (χ2v) is 5.64. The summed E-state index contributed by atoms with van der Waals surface area (Å²) < 4.78 is 13.8. The minimum absolute atomic E-state index is 0.322. The van der Waals surface area contributed by atoms with Gasteiger partial charge in [-0.25, -0.2) is 0 Å². The molecule has 0 amide bonds. The Balaban J connectivity index is 1.96. The molecule has 0 aliphatic carbocycles. The summed E-state index contributed by atoms with van der Waals surface area (Å²) in [6.07, 6.45) is 3.58. The molecule has 6 heteroatoms. The molecule has 2 aromatic heterocycles. The summed E-state index contributed by atoms with van der Waals surface area (Å²) in [4.78, 5) is 0. The Bertz CT molecular complexity index is 578. The van der Waals surface area contributed by atoms with E-state index in [0.717, 1.165) is 11.1 Å². The van der Waals surface area contributed by atoms with E-state index >= 15 is 0 Å². The second kappa shape index (κ2) is 3.55. The van der Waals surface area contributed by atoms with E-state index in [1.807, 2.05) is 50.4 Å². The van der Waals surface area contributed by atoms with Gasteiger partial charge in [0.25, 0.3) is 0 Å². The highest BCUT2D eigenvalue weighted by atomic mass is 16.7. The van der Waals surface area contributed by atoms with Gasteiger partial charge in [-0.2, -0.15) is 0 Å². The van der Waals surface area contributed by atoms with Gasteiger partial charge in [0.05, 0.1) is 11.2 Å². The second-order valence-electron chi connectivity index (χ2n) is 5.64. The Labute approximate surface area is 106 Å². The van der Waals surface area contributed by atoms with Crippen LogP contribution in [0.2, 0.25) is 0 Å². The lowest BCUT2D eigenvalue weighted by Gasteiger charge is -2.32. The molecule has 1 aliphatic rings. The molecule has 2 aromatic rings. The lowest BCUT2D eigenvalue weighted by atomic mass is 9.80. The minimum atomic E-state index is -0.350. The van der Waals surface area contributed by atoms with Crippen molar-refractivity contribution in [2.75, 3.05) is 0 Å². The lowest BCUT2D eigenvalue weighted by molar-refractivity contribution is 0.00578. The van der Waals surface area contributed by atoms with Crippen LogP contribution in [0.1, 0.15) is 27.7 Å². The molecule has 0 unspecified atom stereocenters. The summed E-state index contributed by atoms with van der Waals surface area (Å²) in [6, 6.07) is 3.91. The molecule has 0 N–H and O–H groups in total. The van der Waals surface area contributed by atoms with Crippen LogP contribution < -0.4 is 5.46 Å². The van der Waals surface area contributed by atoms with Gasteiger partial charge in [-0.3, -0.25) is 4.40 Å². The first-order valence-corrected chi connectivity index (χ1v) is 6.04. The van der Waals surface area contributed by atoms with Gasteiger partial charge in [0.2, 0.25) is 0 Å². The first-order chi connectivity index (χ1) is 8.39. The van der Waals surface area contributed by atoms with E-state index < -0.39 is 0 Å². The maximum Gasteiger partial charge on any atom is 0.495 e. The molecule has 0 aromatic carbocycles. The lowest BCUT2D eigenvalue weighted by Crippen LogP contribution is -2.41. The van der Waals surface area contributed by atoms with Gasteiger partial charge in [0, 0.05) is 6.20 Å². The van der Waals surface area contributed by atoms with Crippen molar-refractivity contribution in [2.24, 2.45) is 0 Å². The summed E-state index contributed by atoms with van der Waals surface area (Å²) >= 11 is 0. The van der Waals surface area contributed by atoms with Gasteiger partial charge < -0.3 is 9.31 Å². The number of aromatic nitrogens is 3. The first-order valence-electron chi connectivity index (χ1n) is 6.04. The fourth-order valence-corrected chi connectivity index (χ4v) is 1.96. The molecule has 0 saturated carbocycles. The molecule has 1 fully saturated rings. The van der Waals surface area contributed by atoms with Crippen molar-refractivity contribution < 1.29 is 9.31 Å². The largest absolute Gasteiger partial charge is 0.495 e. The number of hydrogen-bond donors (Lipinski definition) is 0. The summed E-state index contributed by atoms with van der Waals surface area (Å²) in [5.41, 5.74) is 1.12. The first kappa shape index (κ1) is 11.7. The van der Waals surface area contributed by atoms with Gasteiger partial charge in [-0.15, -0.1) is 10.2 Å². The van der Waals surface area contributed by atoms with Crippen molar-refractivity contribution in [2.45, 2.75) is 38.9 Å². The highest BCUT2D eigenvalue weighted by Gasteiger charge is 2.51. The third-order valence-electron chi connectivity index (χ3n) is 3.85. The van der Waals surface area contributed by atoms with E-state index in [0.29, 0.717) is 0 Å². The third kappa shape index (κ3) is 1.64. The Kier molecular flexibility index (Phi) is 2.31. The van der Waals surface area contributed by atoms with Crippen LogP contribution in [0.25, 0.3) is 5.65 Å². The van der Waals surface area contributed by atoms with Gasteiger partial charge in [-0.1, -0.05) is 0 Å². The number of nitrogens with zero attached hydrogens (tertiary/aromatic N) is 3. The zero-order chi connectivity index (χ0) is 13.0.